The highest BCUT2D eigenvalue weighted by Gasteiger charge is 2.13. The number of hydrogen-bond acceptors (Lipinski definition) is 5. The molecule has 3 rings (SSSR count). The molecule has 3 aromatic carbocycles. The van der Waals surface area contributed by atoms with E-state index in [-0.39, 0.29) is 4.90 Å². The molecule has 0 aromatic heterocycles. The molecule has 28 heavy (non-hydrogen) atoms. The molecule has 0 saturated heterocycles. The van der Waals surface area contributed by atoms with Crippen LogP contribution in [-0.4, -0.2) is 21.7 Å². The van der Waals surface area contributed by atoms with Crippen LogP contribution in [0.15, 0.2) is 82.8 Å². The Morgan fingerprint density at radius 2 is 1.50 bits per heavy atom. The molecule has 0 aliphatic rings. The Morgan fingerprint density at radius 3 is 2.11 bits per heavy atom. The van der Waals surface area contributed by atoms with Crippen molar-refractivity contribution in [3.8, 4) is 5.75 Å². The van der Waals surface area contributed by atoms with Crippen LogP contribution in [0.4, 0.5) is 11.4 Å². The predicted octanol–water partition coefficient (Wildman–Crippen LogP) is 4.60. The summed E-state index contributed by atoms with van der Waals surface area (Å²) in [7, 11) is -2.06. The van der Waals surface area contributed by atoms with Gasteiger partial charge >= 0.3 is 0 Å². The van der Waals surface area contributed by atoms with Crippen LogP contribution in [0, 0.1) is 0 Å². The van der Waals surface area contributed by atoms with Crippen molar-refractivity contribution in [2.75, 3.05) is 17.3 Å². The monoisotopic (exact) mass is 415 g/mol. The molecule has 0 bridgehead atoms. The van der Waals surface area contributed by atoms with E-state index in [1.165, 1.54) is 24.3 Å². The van der Waals surface area contributed by atoms with E-state index in [1.54, 1.807) is 37.6 Å². The van der Waals surface area contributed by atoms with Crippen LogP contribution in [0.3, 0.4) is 0 Å². The zero-order valence-corrected chi connectivity index (χ0v) is 16.5. The molecule has 0 aliphatic heterocycles. The van der Waals surface area contributed by atoms with E-state index in [9.17, 15) is 8.42 Å². The number of nitrogens with one attached hydrogen (secondary N) is 2. The van der Waals surface area contributed by atoms with E-state index in [1.807, 2.05) is 24.3 Å². The molecule has 144 valence electrons. The first kappa shape index (κ1) is 19.7. The smallest absolute Gasteiger partial charge is 0.261 e. The number of rotatable bonds is 7. The second kappa shape index (κ2) is 8.77. The lowest BCUT2D eigenvalue weighted by atomic mass is 10.2. The summed E-state index contributed by atoms with van der Waals surface area (Å²) < 4.78 is 32.4. The number of halogens is 1. The van der Waals surface area contributed by atoms with Gasteiger partial charge in [-0.05, 0) is 78.4 Å². The number of methoxy groups -OCH3 is 1. The molecule has 0 atom stereocenters. The number of sulfonamides is 1. The van der Waals surface area contributed by atoms with Gasteiger partial charge in [-0.3, -0.25) is 10.1 Å². The molecule has 0 spiro atoms. The molecule has 0 amide bonds. The van der Waals surface area contributed by atoms with Crippen LogP contribution in [0.2, 0.25) is 5.02 Å². The van der Waals surface area contributed by atoms with Gasteiger partial charge in [0.05, 0.1) is 23.9 Å². The summed E-state index contributed by atoms with van der Waals surface area (Å²) in [4.78, 5) is 0.142. The molecule has 0 fully saturated rings. The molecule has 0 unspecified atom stereocenters. The van der Waals surface area contributed by atoms with Crippen molar-refractivity contribution in [3.63, 3.8) is 0 Å². The van der Waals surface area contributed by atoms with Crippen molar-refractivity contribution < 1.29 is 13.2 Å². The normalized spacial score (nSPS) is 11.4. The topological polar surface area (TPSA) is 79.8 Å². The fourth-order valence-corrected chi connectivity index (χ4v) is 3.50. The van der Waals surface area contributed by atoms with Crippen molar-refractivity contribution >= 4 is 39.2 Å². The van der Waals surface area contributed by atoms with Crippen LogP contribution in [-0.2, 0) is 10.0 Å². The van der Waals surface area contributed by atoms with Crippen molar-refractivity contribution in [2.45, 2.75) is 4.90 Å². The van der Waals surface area contributed by atoms with E-state index in [0.29, 0.717) is 10.7 Å². The Labute approximate surface area is 168 Å². The average molecular weight is 416 g/mol. The fourth-order valence-electron chi connectivity index (χ4n) is 2.31. The van der Waals surface area contributed by atoms with Crippen LogP contribution in [0.25, 0.3) is 0 Å². The Bertz CT molecular complexity index is 1050. The van der Waals surface area contributed by atoms with E-state index in [4.69, 9.17) is 16.3 Å². The van der Waals surface area contributed by atoms with E-state index in [2.05, 4.69) is 15.2 Å². The number of benzene rings is 3. The summed E-state index contributed by atoms with van der Waals surface area (Å²) in [5, 5.41) is 4.64. The van der Waals surface area contributed by atoms with Gasteiger partial charge in [0.1, 0.15) is 5.75 Å². The Kier molecular flexibility index (Phi) is 6.18. The van der Waals surface area contributed by atoms with Gasteiger partial charge in [0.25, 0.3) is 10.0 Å². The van der Waals surface area contributed by atoms with Crippen LogP contribution >= 0.6 is 11.6 Å². The van der Waals surface area contributed by atoms with E-state index >= 15 is 0 Å². The Balaban J connectivity index is 1.61. The minimum Gasteiger partial charge on any atom is -0.497 e. The van der Waals surface area contributed by atoms with Gasteiger partial charge in [0, 0.05) is 10.7 Å². The van der Waals surface area contributed by atoms with Crippen LogP contribution in [0.1, 0.15) is 5.56 Å². The minimum atomic E-state index is -3.67. The third-order valence-electron chi connectivity index (χ3n) is 3.78. The zero-order chi connectivity index (χ0) is 20.0. The van der Waals surface area contributed by atoms with Crippen molar-refractivity contribution in [2.24, 2.45) is 5.10 Å². The first-order chi connectivity index (χ1) is 13.5. The first-order valence-electron chi connectivity index (χ1n) is 8.28. The quantitative estimate of drug-likeness (QED) is 0.436. The maximum Gasteiger partial charge on any atom is 0.261 e. The van der Waals surface area contributed by atoms with E-state index in [0.717, 1.165) is 17.0 Å². The number of nitrogens with zero attached hydrogens (tertiary/aromatic N) is 1. The van der Waals surface area contributed by atoms with Gasteiger partial charge in [0.2, 0.25) is 0 Å². The van der Waals surface area contributed by atoms with Crippen LogP contribution in [0.5, 0.6) is 5.75 Å². The number of hydrazone groups is 1. The molecule has 0 aliphatic carbocycles. The highest BCUT2D eigenvalue weighted by Crippen LogP contribution is 2.20. The predicted molar refractivity (Wildman–Crippen MR) is 113 cm³/mol. The van der Waals surface area contributed by atoms with Gasteiger partial charge in [-0.2, -0.15) is 5.10 Å². The van der Waals surface area contributed by atoms with Crippen molar-refractivity contribution in [1.29, 1.82) is 0 Å². The van der Waals surface area contributed by atoms with Crippen molar-refractivity contribution in [1.82, 2.24) is 0 Å². The standard InChI is InChI=1S/C20H18ClN3O3S/c1-27-19-10-2-15(3-11-19)14-22-23-17-6-8-18(9-7-17)24-28(25,26)20-12-4-16(21)5-13-20/h2-14,23-24H,1H3/b22-14+. The SMILES string of the molecule is COc1ccc(/C=N/Nc2ccc(NS(=O)(=O)c3ccc(Cl)cc3)cc2)cc1. The molecule has 0 radical (unpaired) electrons. The Morgan fingerprint density at radius 1 is 0.893 bits per heavy atom. The average Bonchev–Trinajstić information content (AvgIpc) is 2.70. The Hall–Kier alpha value is -3.03. The van der Waals surface area contributed by atoms with Gasteiger partial charge in [0.15, 0.2) is 0 Å². The first-order valence-corrected chi connectivity index (χ1v) is 10.1. The summed E-state index contributed by atoms with van der Waals surface area (Å²) in [6, 6.07) is 20.2. The summed E-state index contributed by atoms with van der Waals surface area (Å²) in [6.07, 6.45) is 1.68. The zero-order valence-electron chi connectivity index (χ0n) is 15.0. The number of hydrogen-bond donors (Lipinski definition) is 2. The molecule has 3 aromatic rings. The maximum absolute atomic E-state index is 12.4. The number of ether oxygens (including phenoxy) is 1. The van der Waals surface area contributed by atoms with Crippen LogP contribution < -0.4 is 14.9 Å². The fraction of sp³-hybridized carbons (Fsp3) is 0.0500. The maximum atomic E-state index is 12.4. The summed E-state index contributed by atoms with van der Waals surface area (Å²) in [5.74, 6) is 0.779. The second-order valence-electron chi connectivity index (χ2n) is 5.78. The lowest BCUT2D eigenvalue weighted by Crippen LogP contribution is -2.12. The highest BCUT2D eigenvalue weighted by molar-refractivity contribution is 7.92. The molecular weight excluding hydrogens is 398 g/mol. The van der Waals surface area contributed by atoms with Gasteiger partial charge < -0.3 is 4.74 Å². The third-order valence-corrected chi connectivity index (χ3v) is 5.43. The van der Waals surface area contributed by atoms with E-state index < -0.39 is 10.0 Å². The molecule has 0 heterocycles. The summed E-state index contributed by atoms with van der Waals surface area (Å²) in [6.45, 7) is 0. The van der Waals surface area contributed by atoms with Crippen molar-refractivity contribution in [3.05, 3.63) is 83.4 Å². The van der Waals surface area contributed by atoms with Gasteiger partial charge in [-0.1, -0.05) is 11.6 Å². The van der Waals surface area contributed by atoms with Gasteiger partial charge in [-0.15, -0.1) is 0 Å². The summed E-state index contributed by atoms with van der Waals surface area (Å²) >= 11 is 5.79. The second-order valence-corrected chi connectivity index (χ2v) is 7.90. The molecule has 8 heteroatoms. The lowest BCUT2D eigenvalue weighted by molar-refractivity contribution is 0.415. The lowest BCUT2D eigenvalue weighted by Gasteiger charge is -2.09. The molecule has 0 saturated carbocycles. The highest BCUT2D eigenvalue weighted by atomic mass is 35.5. The third kappa shape index (κ3) is 5.25. The minimum absolute atomic E-state index is 0.142. The van der Waals surface area contributed by atoms with Gasteiger partial charge in [-0.25, -0.2) is 8.42 Å². The largest absolute Gasteiger partial charge is 0.497 e. The number of anilines is 2. The molecular formula is C20H18ClN3O3S. The molecule has 2 N–H and O–H groups in total. The molecule has 6 nitrogen and oxygen atoms in total. The summed E-state index contributed by atoms with van der Waals surface area (Å²) in [5.41, 5.74) is 4.98.